The summed E-state index contributed by atoms with van der Waals surface area (Å²) in [5.41, 5.74) is -0.0975. The van der Waals surface area contributed by atoms with Crippen molar-refractivity contribution >= 4 is 38.5 Å². The molecule has 13 heavy (non-hydrogen) atoms. The van der Waals surface area contributed by atoms with Crippen LogP contribution < -0.4 is 5.56 Å². The summed E-state index contributed by atoms with van der Waals surface area (Å²) < 4.78 is 25.1. The van der Waals surface area contributed by atoms with Crippen molar-refractivity contribution in [3.63, 3.8) is 0 Å². The second-order valence-corrected chi connectivity index (χ2v) is 3.94. The Bertz CT molecular complexity index is 366. The molecule has 0 aliphatic rings. The van der Waals surface area contributed by atoms with Gasteiger partial charge in [0.1, 0.15) is 0 Å². The first-order valence-corrected chi connectivity index (χ1v) is 5.52. The van der Waals surface area contributed by atoms with Gasteiger partial charge in [-0.05, 0) is 28.2 Å². The molecule has 1 heterocycles. The molecule has 1 aromatic rings. The minimum absolute atomic E-state index is 0.124. The first-order valence-electron chi connectivity index (χ1n) is 3.32. The zero-order valence-electron chi connectivity index (χ0n) is 6.28. The molecule has 0 amide bonds. The summed E-state index contributed by atoms with van der Waals surface area (Å²) in [6, 6.07) is 0. The number of nitrogens with one attached hydrogen (secondary N) is 1. The van der Waals surface area contributed by atoms with E-state index in [1.165, 1.54) is 0 Å². The molecule has 1 N–H and O–H groups in total. The van der Waals surface area contributed by atoms with E-state index in [1.54, 1.807) is 22.6 Å². The Labute approximate surface area is 95.0 Å². The van der Waals surface area contributed by atoms with Gasteiger partial charge < -0.3 is 4.98 Å². The van der Waals surface area contributed by atoms with Crippen LogP contribution in [0.4, 0.5) is 8.78 Å². The molecule has 0 atom stereocenters. The normalized spacial score (nSPS) is 10.8. The number of H-pyrrole nitrogens is 1. The van der Waals surface area contributed by atoms with Crippen LogP contribution in [-0.2, 0) is 5.33 Å². The van der Waals surface area contributed by atoms with E-state index in [-0.39, 0.29) is 16.5 Å². The van der Waals surface area contributed by atoms with Gasteiger partial charge in [-0.3, -0.25) is 4.79 Å². The third-order valence-corrected chi connectivity index (χ3v) is 3.24. The van der Waals surface area contributed by atoms with Gasteiger partial charge in [0.05, 0.1) is 3.57 Å². The molecule has 0 aliphatic heterocycles. The van der Waals surface area contributed by atoms with Gasteiger partial charge in [-0.2, -0.15) is 0 Å². The maximum atomic E-state index is 12.4. The molecule has 0 unspecified atom stereocenters. The molecule has 0 fully saturated rings. The molecular formula is C7H5BrF2INO. The lowest BCUT2D eigenvalue weighted by Crippen LogP contribution is -2.14. The molecule has 1 aromatic heterocycles. The van der Waals surface area contributed by atoms with Gasteiger partial charge in [0.15, 0.2) is 0 Å². The number of aromatic amines is 1. The largest absolute Gasteiger partial charge is 0.328 e. The van der Waals surface area contributed by atoms with E-state index >= 15 is 0 Å². The Hall–Kier alpha value is 0.0200. The van der Waals surface area contributed by atoms with Crippen LogP contribution >= 0.6 is 38.5 Å². The highest BCUT2D eigenvalue weighted by atomic mass is 127. The molecule has 0 spiro atoms. The van der Waals surface area contributed by atoms with Crippen LogP contribution in [0.25, 0.3) is 0 Å². The Morgan fingerprint density at radius 2 is 2.23 bits per heavy atom. The van der Waals surface area contributed by atoms with Gasteiger partial charge in [0, 0.05) is 17.1 Å². The molecule has 0 saturated heterocycles. The fourth-order valence-corrected chi connectivity index (χ4v) is 2.67. The van der Waals surface area contributed by atoms with Crippen LogP contribution in [0.15, 0.2) is 11.0 Å². The lowest BCUT2D eigenvalue weighted by molar-refractivity contribution is 0.150. The van der Waals surface area contributed by atoms with E-state index in [0.717, 1.165) is 6.20 Å². The average Bonchev–Trinajstić information content (AvgIpc) is 2.09. The van der Waals surface area contributed by atoms with Crippen LogP contribution in [-0.4, -0.2) is 4.98 Å². The minimum Gasteiger partial charge on any atom is -0.328 e. The highest BCUT2D eigenvalue weighted by Crippen LogP contribution is 2.25. The summed E-state index contributed by atoms with van der Waals surface area (Å²) in [4.78, 5) is 13.3. The first kappa shape index (κ1) is 11.1. The van der Waals surface area contributed by atoms with E-state index < -0.39 is 6.43 Å². The van der Waals surface area contributed by atoms with Crippen LogP contribution in [0.5, 0.6) is 0 Å². The van der Waals surface area contributed by atoms with Gasteiger partial charge in [0.25, 0.3) is 12.0 Å². The second-order valence-electron chi connectivity index (χ2n) is 2.30. The molecule has 0 radical (unpaired) electrons. The number of halogens is 4. The van der Waals surface area contributed by atoms with Crippen molar-refractivity contribution in [3.8, 4) is 0 Å². The van der Waals surface area contributed by atoms with E-state index in [1.807, 2.05) is 0 Å². The van der Waals surface area contributed by atoms with E-state index in [0.29, 0.717) is 9.13 Å². The molecule has 0 aliphatic carbocycles. The Morgan fingerprint density at radius 3 is 2.69 bits per heavy atom. The van der Waals surface area contributed by atoms with Crippen molar-refractivity contribution < 1.29 is 8.78 Å². The molecule has 0 saturated carbocycles. The second kappa shape index (κ2) is 4.50. The summed E-state index contributed by atoms with van der Waals surface area (Å²) in [6.45, 7) is 0. The topological polar surface area (TPSA) is 32.9 Å². The van der Waals surface area contributed by atoms with Gasteiger partial charge in [0.2, 0.25) is 0 Å². The molecule has 1 rings (SSSR count). The molecule has 2 nitrogen and oxygen atoms in total. The average molecular weight is 364 g/mol. The van der Waals surface area contributed by atoms with E-state index in [4.69, 9.17) is 0 Å². The lowest BCUT2D eigenvalue weighted by Gasteiger charge is -2.06. The number of hydrogen-bond acceptors (Lipinski definition) is 1. The zero-order chi connectivity index (χ0) is 10.0. The maximum absolute atomic E-state index is 12.4. The quantitative estimate of drug-likeness (QED) is 0.636. The van der Waals surface area contributed by atoms with Crippen molar-refractivity contribution in [2.45, 2.75) is 11.8 Å². The third kappa shape index (κ3) is 2.28. The van der Waals surface area contributed by atoms with Crippen LogP contribution in [0.3, 0.4) is 0 Å². The molecule has 0 bridgehead atoms. The van der Waals surface area contributed by atoms with Crippen molar-refractivity contribution in [1.29, 1.82) is 0 Å². The highest BCUT2D eigenvalue weighted by Gasteiger charge is 2.16. The maximum Gasteiger partial charge on any atom is 0.265 e. The van der Waals surface area contributed by atoms with Crippen molar-refractivity contribution in [2.24, 2.45) is 0 Å². The highest BCUT2D eigenvalue weighted by molar-refractivity contribution is 14.1. The van der Waals surface area contributed by atoms with E-state index in [9.17, 15) is 13.6 Å². The van der Waals surface area contributed by atoms with Gasteiger partial charge in [-0.1, -0.05) is 15.9 Å². The zero-order valence-corrected chi connectivity index (χ0v) is 10.0. The summed E-state index contributed by atoms with van der Waals surface area (Å²) in [6.07, 6.45) is -1.50. The Morgan fingerprint density at radius 1 is 1.62 bits per heavy atom. The third-order valence-electron chi connectivity index (χ3n) is 1.54. The number of hydrogen-bond donors (Lipinski definition) is 1. The molecule has 72 valence electrons. The van der Waals surface area contributed by atoms with Gasteiger partial charge >= 0.3 is 0 Å². The fraction of sp³-hybridized carbons (Fsp3) is 0.286. The predicted octanol–water partition coefficient (Wildman–Crippen LogP) is 2.81. The summed E-state index contributed by atoms with van der Waals surface area (Å²) in [5.74, 6) is 0. The Kier molecular flexibility index (Phi) is 3.84. The van der Waals surface area contributed by atoms with Gasteiger partial charge in [-0.15, -0.1) is 0 Å². The molecule has 0 aromatic carbocycles. The SMILES string of the molecule is O=c1[nH]cc(C(F)F)c(CBr)c1I. The Balaban J connectivity index is 3.38. The molecule has 6 heteroatoms. The van der Waals surface area contributed by atoms with Crippen molar-refractivity contribution in [1.82, 2.24) is 4.98 Å². The van der Waals surface area contributed by atoms with Crippen molar-refractivity contribution in [2.75, 3.05) is 0 Å². The lowest BCUT2D eigenvalue weighted by atomic mass is 10.2. The summed E-state index contributed by atoms with van der Waals surface area (Å²) >= 11 is 4.83. The van der Waals surface area contributed by atoms with Crippen LogP contribution in [0.1, 0.15) is 17.6 Å². The number of alkyl halides is 3. The van der Waals surface area contributed by atoms with Crippen LogP contribution in [0.2, 0.25) is 0 Å². The smallest absolute Gasteiger partial charge is 0.265 e. The molecular weight excluding hydrogens is 359 g/mol. The summed E-state index contributed by atoms with van der Waals surface area (Å²) in [7, 11) is 0. The van der Waals surface area contributed by atoms with Crippen molar-refractivity contribution in [3.05, 3.63) is 31.2 Å². The summed E-state index contributed by atoms with van der Waals surface area (Å²) in [5, 5.41) is 0.259. The van der Waals surface area contributed by atoms with Gasteiger partial charge in [-0.25, -0.2) is 8.78 Å². The number of aromatic nitrogens is 1. The minimum atomic E-state index is -2.56. The van der Waals surface area contributed by atoms with Crippen LogP contribution in [0, 0.1) is 3.57 Å². The predicted molar refractivity (Wildman–Crippen MR) is 57.4 cm³/mol. The number of rotatable bonds is 2. The standard InChI is InChI=1S/C7H5BrF2INO/c8-1-3-4(6(9)10)2-12-7(13)5(3)11/h2,6H,1H2,(H,12,13). The monoisotopic (exact) mass is 363 g/mol. The fourth-order valence-electron chi connectivity index (χ4n) is 0.888. The first-order chi connectivity index (χ1) is 6.07. The van der Waals surface area contributed by atoms with E-state index in [2.05, 4.69) is 20.9 Å². The number of pyridine rings is 1.